The molecule has 20 heavy (non-hydrogen) atoms. The number of rotatable bonds is 7. The van der Waals surface area contributed by atoms with Crippen LogP contribution in [-0.2, 0) is 14.3 Å². The van der Waals surface area contributed by atoms with Crippen LogP contribution in [0.3, 0.4) is 0 Å². The van der Waals surface area contributed by atoms with Crippen molar-refractivity contribution in [2.75, 3.05) is 26.8 Å². The average molecular weight is 286 g/mol. The minimum Gasteiger partial charge on any atom is -0.467 e. The van der Waals surface area contributed by atoms with Crippen LogP contribution >= 0.6 is 0 Å². The van der Waals surface area contributed by atoms with Gasteiger partial charge in [0.1, 0.15) is 6.04 Å². The number of likely N-dealkylation sites (tertiary alicyclic amines) is 1. The van der Waals surface area contributed by atoms with Gasteiger partial charge in [0, 0.05) is 6.04 Å². The quantitative estimate of drug-likeness (QED) is 0.651. The van der Waals surface area contributed by atoms with E-state index in [-0.39, 0.29) is 31.0 Å². The van der Waals surface area contributed by atoms with Gasteiger partial charge >= 0.3 is 5.97 Å². The van der Waals surface area contributed by atoms with Gasteiger partial charge in [-0.3, -0.25) is 9.69 Å². The summed E-state index contributed by atoms with van der Waals surface area (Å²) in [7, 11) is 1.32. The molecule has 1 rings (SSSR count). The lowest BCUT2D eigenvalue weighted by molar-refractivity contribution is -0.145. The van der Waals surface area contributed by atoms with Gasteiger partial charge in [-0.1, -0.05) is 13.8 Å². The first-order valence-electron chi connectivity index (χ1n) is 7.20. The zero-order valence-corrected chi connectivity index (χ0v) is 12.6. The minimum atomic E-state index is -0.595. The molecule has 0 aromatic rings. The Morgan fingerprint density at radius 1 is 1.45 bits per heavy atom. The van der Waals surface area contributed by atoms with Gasteiger partial charge in [0.25, 0.3) is 0 Å². The highest BCUT2D eigenvalue weighted by molar-refractivity contribution is 5.85. The lowest BCUT2D eigenvalue weighted by Crippen LogP contribution is -2.47. The number of amides is 1. The predicted molar refractivity (Wildman–Crippen MR) is 75.1 cm³/mol. The maximum atomic E-state index is 12.0. The van der Waals surface area contributed by atoms with Crippen LogP contribution < -0.4 is 5.32 Å². The molecule has 0 saturated carbocycles. The summed E-state index contributed by atoms with van der Waals surface area (Å²) < 4.78 is 4.72. The third kappa shape index (κ3) is 5.09. The fraction of sp³-hybridized carbons (Fsp3) is 0.857. The largest absolute Gasteiger partial charge is 0.467 e. The van der Waals surface area contributed by atoms with Gasteiger partial charge in [-0.25, -0.2) is 4.79 Å². The minimum absolute atomic E-state index is 0.0578. The number of aliphatic hydroxyl groups is 1. The van der Waals surface area contributed by atoms with E-state index in [1.165, 1.54) is 7.11 Å². The van der Waals surface area contributed by atoms with Gasteiger partial charge in [0.15, 0.2) is 0 Å². The van der Waals surface area contributed by atoms with Crippen molar-refractivity contribution in [1.29, 1.82) is 0 Å². The van der Waals surface area contributed by atoms with Crippen molar-refractivity contribution >= 4 is 11.9 Å². The van der Waals surface area contributed by atoms with Crippen LogP contribution in [0, 0.1) is 5.92 Å². The first kappa shape index (κ1) is 16.9. The highest BCUT2D eigenvalue weighted by Crippen LogP contribution is 2.16. The van der Waals surface area contributed by atoms with Crippen molar-refractivity contribution in [2.45, 2.75) is 45.2 Å². The molecule has 1 saturated heterocycles. The molecule has 6 heteroatoms. The van der Waals surface area contributed by atoms with Crippen LogP contribution in [0.2, 0.25) is 0 Å². The van der Waals surface area contributed by atoms with E-state index in [0.29, 0.717) is 6.42 Å². The maximum absolute atomic E-state index is 12.0. The summed E-state index contributed by atoms with van der Waals surface area (Å²) in [6.07, 6.45) is 2.46. The molecule has 0 spiro atoms. The number of hydrogen-bond acceptors (Lipinski definition) is 5. The summed E-state index contributed by atoms with van der Waals surface area (Å²) >= 11 is 0. The molecule has 1 amide bonds. The summed E-state index contributed by atoms with van der Waals surface area (Å²) in [5.41, 5.74) is 0. The van der Waals surface area contributed by atoms with Crippen LogP contribution in [0.25, 0.3) is 0 Å². The van der Waals surface area contributed by atoms with Crippen molar-refractivity contribution in [3.05, 3.63) is 0 Å². The molecule has 1 aliphatic rings. The van der Waals surface area contributed by atoms with Crippen molar-refractivity contribution < 1.29 is 19.4 Å². The number of hydrogen-bond donors (Lipinski definition) is 2. The summed E-state index contributed by atoms with van der Waals surface area (Å²) in [5.74, 6) is -0.315. The number of methoxy groups -OCH3 is 1. The van der Waals surface area contributed by atoms with E-state index in [2.05, 4.69) is 5.32 Å². The lowest BCUT2D eigenvalue weighted by Gasteiger charge is -2.24. The molecule has 6 nitrogen and oxygen atoms in total. The number of nitrogens with one attached hydrogen (secondary N) is 1. The second kappa shape index (κ2) is 8.21. The molecule has 0 aromatic carbocycles. The van der Waals surface area contributed by atoms with E-state index in [1.807, 2.05) is 18.7 Å². The van der Waals surface area contributed by atoms with Gasteiger partial charge in [-0.05, 0) is 31.7 Å². The highest BCUT2D eigenvalue weighted by Gasteiger charge is 2.28. The molecule has 0 aliphatic carbocycles. The van der Waals surface area contributed by atoms with Crippen LogP contribution in [-0.4, -0.2) is 60.8 Å². The Morgan fingerprint density at radius 2 is 2.15 bits per heavy atom. The molecule has 0 bridgehead atoms. The second-order valence-electron chi connectivity index (χ2n) is 5.72. The van der Waals surface area contributed by atoms with Crippen LogP contribution in [0.15, 0.2) is 0 Å². The van der Waals surface area contributed by atoms with E-state index in [9.17, 15) is 14.7 Å². The molecule has 0 radical (unpaired) electrons. The third-order valence-electron chi connectivity index (χ3n) is 3.58. The molecule has 1 heterocycles. The molecule has 116 valence electrons. The molecular weight excluding hydrogens is 260 g/mol. The molecule has 1 fully saturated rings. The van der Waals surface area contributed by atoms with E-state index < -0.39 is 12.0 Å². The van der Waals surface area contributed by atoms with E-state index in [0.717, 1.165) is 19.4 Å². The van der Waals surface area contributed by atoms with Gasteiger partial charge < -0.3 is 15.2 Å². The fourth-order valence-corrected chi connectivity index (χ4v) is 2.56. The average Bonchev–Trinajstić information content (AvgIpc) is 2.83. The Hall–Kier alpha value is -1.14. The molecule has 1 aliphatic heterocycles. The van der Waals surface area contributed by atoms with Crippen molar-refractivity contribution in [3.8, 4) is 0 Å². The van der Waals surface area contributed by atoms with Crippen LogP contribution in [0.1, 0.15) is 33.1 Å². The Bertz CT molecular complexity index is 333. The van der Waals surface area contributed by atoms with E-state index in [1.54, 1.807) is 0 Å². The van der Waals surface area contributed by atoms with Gasteiger partial charge in [0.2, 0.25) is 5.91 Å². The highest BCUT2D eigenvalue weighted by atomic mass is 16.5. The smallest absolute Gasteiger partial charge is 0.328 e. The molecule has 0 aromatic heterocycles. The van der Waals surface area contributed by atoms with Crippen molar-refractivity contribution in [1.82, 2.24) is 10.2 Å². The van der Waals surface area contributed by atoms with Gasteiger partial charge in [-0.2, -0.15) is 0 Å². The van der Waals surface area contributed by atoms with Crippen LogP contribution in [0.4, 0.5) is 0 Å². The van der Waals surface area contributed by atoms with Crippen molar-refractivity contribution in [2.24, 2.45) is 5.92 Å². The molecule has 1 unspecified atom stereocenters. The van der Waals surface area contributed by atoms with Gasteiger partial charge in [0.05, 0.1) is 20.3 Å². The number of nitrogens with zero attached hydrogens (tertiary/aromatic N) is 1. The summed E-state index contributed by atoms with van der Waals surface area (Å²) in [5, 5.41) is 12.0. The lowest BCUT2D eigenvalue weighted by atomic mass is 10.0. The maximum Gasteiger partial charge on any atom is 0.328 e. The Morgan fingerprint density at radius 3 is 2.70 bits per heavy atom. The summed E-state index contributed by atoms with van der Waals surface area (Å²) in [4.78, 5) is 25.6. The predicted octanol–water partition coefficient (Wildman–Crippen LogP) is 0.147. The first-order valence-corrected chi connectivity index (χ1v) is 7.20. The number of esters is 1. The molecule has 2 N–H and O–H groups in total. The zero-order chi connectivity index (χ0) is 15.1. The third-order valence-corrected chi connectivity index (χ3v) is 3.58. The Kier molecular flexibility index (Phi) is 6.95. The van der Waals surface area contributed by atoms with Crippen LogP contribution in [0.5, 0.6) is 0 Å². The summed E-state index contributed by atoms with van der Waals surface area (Å²) in [6.45, 7) is 5.08. The molecule has 2 atom stereocenters. The first-order chi connectivity index (χ1) is 9.47. The normalized spacial score (nSPS) is 20.9. The zero-order valence-electron chi connectivity index (χ0n) is 12.6. The topological polar surface area (TPSA) is 78.9 Å². The fourth-order valence-electron chi connectivity index (χ4n) is 2.56. The number of carbonyl (C=O) groups excluding carboxylic acids is 2. The number of ether oxygens (including phenoxy) is 1. The standard InChI is InChI=1S/C14H26N2O4/c1-10(2)7-12(14(19)20-3)15-13(18)8-16-6-4-5-11(16)9-17/h10-12,17H,4-9H2,1-3H3,(H,15,18)/t11-,12?/m1/s1. The van der Waals surface area contributed by atoms with E-state index in [4.69, 9.17) is 4.74 Å². The SMILES string of the molecule is COC(=O)C(CC(C)C)NC(=O)CN1CCC[C@@H]1CO. The van der Waals surface area contributed by atoms with E-state index >= 15 is 0 Å². The van der Waals surface area contributed by atoms with Crippen molar-refractivity contribution in [3.63, 3.8) is 0 Å². The Labute approximate surface area is 120 Å². The Balaban J connectivity index is 2.50. The number of carbonyl (C=O) groups is 2. The summed E-state index contributed by atoms with van der Waals surface area (Å²) in [6, 6.07) is -0.537. The van der Waals surface area contributed by atoms with Gasteiger partial charge in [-0.15, -0.1) is 0 Å². The molecular formula is C14H26N2O4. The monoisotopic (exact) mass is 286 g/mol. The second-order valence-corrected chi connectivity index (χ2v) is 5.72. The number of aliphatic hydroxyl groups excluding tert-OH is 1.